The molecule has 1 heterocycles. The number of nitrogens with zero attached hydrogens (tertiary/aromatic N) is 1. The lowest BCUT2D eigenvalue weighted by molar-refractivity contribution is 0.0690. The van der Waals surface area contributed by atoms with Crippen molar-refractivity contribution in [2.75, 3.05) is 5.32 Å². The molecule has 0 amide bonds. The zero-order valence-corrected chi connectivity index (χ0v) is 8.60. The summed E-state index contributed by atoms with van der Waals surface area (Å²) in [6.45, 7) is 2.16. The smallest absolute Gasteiger partial charge is 0.354 e. The molecule has 2 rings (SSSR count). The number of rotatable bonds is 4. The van der Waals surface area contributed by atoms with Gasteiger partial charge in [0, 0.05) is 6.04 Å². The normalized spacial score (nSPS) is 23.5. The molecular formula is C11H14N2O2. The van der Waals surface area contributed by atoms with Crippen molar-refractivity contribution in [2.45, 2.75) is 25.8 Å². The second kappa shape index (κ2) is 3.88. The molecule has 1 aromatic rings. The van der Waals surface area contributed by atoms with Crippen LogP contribution in [0.1, 0.15) is 30.3 Å². The van der Waals surface area contributed by atoms with E-state index in [0.29, 0.717) is 11.9 Å². The number of carbonyl (C=O) groups is 1. The van der Waals surface area contributed by atoms with Crippen LogP contribution < -0.4 is 5.32 Å². The van der Waals surface area contributed by atoms with Gasteiger partial charge in [0.25, 0.3) is 0 Å². The molecule has 2 N–H and O–H groups in total. The largest absolute Gasteiger partial charge is 0.477 e. The molecule has 0 spiro atoms. The Bertz CT molecular complexity index is 379. The summed E-state index contributed by atoms with van der Waals surface area (Å²) in [7, 11) is 0. The van der Waals surface area contributed by atoms with Gasteiger partial charge >= 0.3 is 5.97 Å². The highest BCUT2D eigenvalue weighted by Crippen LogP contribution is 2.35. The third-order valence-corrected chi connectivity index (χ3v) is 2.75. The lowest BCUT2D eigenvalue weighted by Crippen LogP contribution is -2.08. The van der Waals surface area contributed by atoms with Crippen molar-refractivity contribution in [1.82, 2.24) is 4.98 Å². The van der Waals surface area contributed by atoms with Crippen LogP contribution in [0.3, 0.4) is 0 Å². The Morgan fingerprint density at radius 1 is 1.67 bits per heavy atom. The summed E-state index contributed by atoms with van der Waals surface area (Å²) in [4.78, 5) is 14.7. The number of carboxylic acid groups (broad SMARTS) is 1. The molecule has 0 saturated heterocycles. The summed E-state index contributed by atoms with van der Waals surface area (Å²) in [5, 5.41) is 12.0. The predicted molar refractivity (Wildman–Crippen MR) is 57.0 cm³/mol. The average molecular weight is 206 g/mol. The second-order valence-corrected chi connectivity index (χ2v) is 3.87. The summed E-state index contributed by atoms with van der Waals surface area (Å²) in [5.41, 5.74) is 0.0914. The number of aromatic carboxylic acids is 1. The average Bonchev–Trinajstić information content (AvgIpc) is 2.97. The molecule has 0 aromatic carbocycles. The quantitative estimate of drug-likeness (QED) is 0.790. The second-order valence-electron chi connectivity index (χ2n) is 3.87. The Hall–Kier alpha value is -1.58. The number of hydrogen-bond acceptors (Lipinski definition) is 3. The number of nitrogens with one attached hydrogen (secondary N) is 1. The van der Waals surface area contributed by atoms with Crippen LogP contribution in [0.15, 0.2) is 18.2 Å². The molecule has 0 radical (unpaired) electrons. The van der Waals surface area contributed by atoms with Crippen LogP contribution in [0, 0.1) is 5.92 Å². The first-order valence-corrected chi connectivity index (χ1v) is 5.17. The van der Waals surface area contributed by atoms with Gasteiger partial charge < -0.3 is 10.4 Å². The first kappa shape index (κ1) is 9.96. The van der Waals surface area contributed by atoms with Crippen LogP contribution in [-0.4, -0.2) is 22.1 Å². The monoisotopic (exact) mass is 206 g/mol. The Balaban J connectivity index is 2.03. The number of pyridine rings is 1. The van der Waals surface area contributed by atoms with Crippen LogP contribution in [0.4, 0.5) is 5.82 Å². The van der Waals surface area contributed by atoms with E-state index in [1.165, 1.54) is 6.07 Å². The molecule has 1 aliphatic rings. The van der Waals surface area contributed by atoms with Gasteiger partial charge in [-0.2, -0.15) is 0 Å². The molecule has 4 nitrogen and oxygen atoms in total. The standard InChI is InChI=1S/C11H14N2O2/c1-2-7-6-9(7)13-10-5-3-4-8(12-10)11(14)15/h3-5,7,9H,2,6H2,1H3,(H,12,13)(H,14,15). The lowest BCUT2D eigenvalue weighted by Gasteiger charge is -2.04. The summed E-state index contributed by atoms with van der Waals surface area (Å²) >= 11 is 0. The van der Waals surface area contributed by atoms with Crippen molar-refractivity contribution < 1.29 is 9.90 Å². The Kier molecular flexibility index (Phi) is 2.58. The summed E-state index contributed by atoms with van der Waals surface area (Å²) in [5.74, 6) is 0.401. The number of anilines is 1. The minimum atomic E-state index is -0.985. The van der Waals surface area contributed by atoms with Crippen LogP contribution in [0.25, 0.3) is 0 Å². The van der Waals surface area contributed by atoms with Gasteiger partial charge in [0.15, 0.2) is 5.69 Å². The zero-order chi connectivity index (χ0) is 10.8. The van der Waals surface area contributed by atoms with Gasteiger partial charge in [-0.05, 0) is 24.5 Å². The van der Waals surface area contributed by atoms with Crippen molar-refractivity contribution in [3.63, 3.8) is 0 Å². The maximum absolute atomic E-state index is 10.7. The van der Waals surface area contributed by atoms with Gasteiger partial charge in [0.1, 0.15) is 5.82 Å². The van der Waals surface area contributed by atoms with Crippen LogP contribution in [-0.2, 0) is 0 Å². The minimum Gasteiger partial charge on any atom is -0.477 e. The molecule has 0 aliphatic heterocycles. The van der Waals surface area contributed by atoms with Crippen molar-refractivity contribution in [3.8, 4) is 0 Å². The molecule has 1 aromatic heterocycles. The highest BCUT2D eigenvalue weighted by atomic mass is 16.4. The van der Waals surface area contributed by atoms with E-state index in [1.54, 1.807) is 12.1 Å². The van der Waals surface area contributed by atoms with E-state index < -0.39 is 5.97 Å². The van der Waals surface area contributed by atoms with E-state index in [9.17, 15) is 4.79 Å². The van der Waals surface area contributed by atoms with Gasteiger partial charge in [0.2, 0.25) is 0 Å². The van der Waals surface area contributed by atoms with Gasteiger partial charge in [-0.3, -0.25) is 0 Å². The van der Waals surface area contributed by atoms with Gasteiger partial charge in [-0.1, -0.05) is 19.4 Å². The molecule has 4 heteroatoms. The molecular weight excluding hydrogens is 192 g/mol. The molecule has 80 valence electrons. The van der Waals surface area contributed by atoms with Crippen molar-refractivity contribution in [2.24, 2.45) is 5.92 Å². The Morgan fingerprint density at radius 2 is 2.47 bits per heavy atom. The van der Waals surface area contributed by atoms with Crippen LogP contribution in [0.2, 0.25) is 0 Å². The molecule has 2 atom stereocenters. The molecule has 1 saturated carbocycles. The molecule has 2 unspecified atom stereocenters. The van der Waals surface area contributed by atoms with Crippen molar-refractivity contribution in [1.29, 1.82) is 0 Å². The zero-order valence-electron chi connectivity index (χ0n) is 8.60. The van der Waals surface area contributed by atoms with Crippen LogP contribution in [0.5, 0.6) is 0 Å². The molecule has 1 aliphatic carbocycles. The topological polar surface area (TPSA) is 62.2 Å². The minimum absolute atomic E-state index is 0.0914. The van der Waals surface area contributed by atoms with Crippen LogP contribution >= 0.6 is 0 Å². The number of hydrogen-bond donors (Lipinski definition) is 2. The number of aromatic nitrogens is 1. The molecule has 0 bridgehead atoms. The summed E-state index contributed by atoms with van der Waals surface area (Å²) in [6, 6.07) is 5.49. The van der Waals surface area contributed by atoms with E-state index in [1.807, 2.05) is 0 Å². The van der Waals surface area contributed by atoms with E-state index in [2.05, 4.69) is 17.2 Å². The summed E-state index contributed by atoms with van der Waals surface area (Å²) < 4.78 is 0. The molecule has 15 heavy (non-hydrogen) atoms. The predicted octanol–water partition coefficient (Wildman–Crippen LogP) is 1.99. The van der Waals surface area contributed by atoms with E-state index in [0.717, 1.165) is 18.8 Å². The third-order valence-electron chi connectivity index (χ3n) is 2.75. The highest BCUT2D eigenvalue weighted by Gasteiger charge is 2.35. The van der Waals surface area contributed by atoms with Crippen molar-refractivity contribution >= 4 is 11.8 Å². The maximum Gasteiger partial charge on any atom is 0.354 e. The molecule has 1 fully saturated rings. The first-order chi connectivity index (χ1) is 7.20. The fourth-order valence-electron chi connectivity index (χ4n) is 1.70. The number of carboxylic acids is 1. The van der Waals surface area contributed by atoms with Gasteiger partial charge in [0.05, 0.1) is 0 Å². The Labute approximate surface area is 88.3 Å². The fourth-order valence-corrected chi connectivity index (χ4v) is 1.70. The lowest BCUT2D eigenvalue weighted by atomic mass is 10.3. The third kappa shape index (κ3) is 2.26. The van der Waals surface area contributed by atoms with E-state index >= 15 is 0 Å². The maximum atomic E-state index is 10.7. The van der Waals surface area contributed by atoms with Gasteiger partial charge in [-0.25, -0.2) is 9.78 Å². The van der Waals surface area contributed by atoms with E-state index in [-0.39, 0.29) is 5.69 Å². The SMILES string of the molecule is CCC1CC1Nc1cccc(C(=O)O)n1. The summed E-state index contributed by atoms with van der Waals surface area (Å²) in [6.07, 6.45) is 2.33. The first-order valence-electron chi connectivity index (χ1n) is 5.17. The highest BCUT2D eigenvalue weighted by molar-refractivity contribution is 5.85. The van der Waals surface area contributed by atoms with Crippen molar-refractivity contribution in [3.05, 3.63) is 23.9 Å². The van der Waals surface area contributed by atoms with E-state index in [4.69, 9.17) is 5.11 Å². The van der Waals surface area contributed by atoms with Gasteiger partial charge in [-0.15, -0.1) is 0 Å². The Morgan fingerprint density at radius 3 is 3.07 bits per heavy atom. The fraction of sp³-hybridized carbons (Fsp3) is 0.455.